The minimum atomic E-state index is 0.395. The zero-order valence-electron chi connectivity index (χ0n) is 12.2. The average Bonchev–Trinajstić information content (AvgIpc) is 3.01. The SMILES string of the molecule is C=CCOCc1nc(-c2ccccc2)oc1-c1ccccc1. The first-order chi connectivity index (χ1) is 10.9. The lowest BCUT2D eigenvalue weighted by atomic mass is 10.1. The second-order valence-electron chi connectivity index (χ2n) is 4.83. The highest BCUT2D eigenvalue weighted by Gasteiger charge is 2.16. The zero-order valence-corrected chi connectivity index (χ0v) is 12.2. The van der Waals surface area contributed by atoms with Gasteiger partial charge in [0.15, 0.2) is 5.76 Å². The number of hydrogen-bond acceptors (Lipinski definition) is 3. The van der Waals surface area contributed by atoms with Crippen molar-refractivity contribution in [1.29, 1.82) is 0 Å². The van der Waals surface area contributed by atoms with E-state index < -0.39 is 0 Å². The standard InChI is InChI=1S/C19H17NO2/c1-2-13-21-14-17-18(15-9-5-3-6-10-15)22-19(20-17)16-11-7-4-8-12-16/h2-12H,1,13-14H2. The minimum absolute atomic E-state index is 0.395. The molecule has 3 aromatic rings. The summed E-state index contributed by atoms with van der Waals surface area (Å²) in [4.78, 5) is 4.60. The molecule has 3 heteroatoms. The number of rotatable bonds is 6. The highest BCUT2D eigenvalue weighted by Crippen LogP contribution is 2.30. The van der Waals surface area contributed by atoms with E-state index in [4.69, 9.17) is 9.15 Å². The van der Waals surface area contributed by atoms with E-state index in [1.807, 2.05) is 60.7 Å². The maximum atomic E-state index is 6.00. The van der Waals surface area contributed by atoms with E-state index in [1.54, 1.807) is 6.08 Å². The van der Waals surface area contributed by atoms with Crippen LogP contribution in [-0.2, 0) is 11.3 Å². The molecule has 0 unspecified atom stereocenters. The van der Waals surface area contributed by atoms with Gasteiger partial charge in [0.25, 0.3) is 0 Å². The van der Waals surface area contributed by atoms with Crippen LogP contribution in [0, 0.1) is 0 Å². The van der Waals surface area contributed by atoms with Gasteiger partial charge in [-0.3, -0.25) is 0 Å². The maximum absolute atomic E-state index is 6.00. The van der Waals surface area contributed by atoms with Crippen molar-refractivity contribution in [3.8, 4) is 22.8 Å². The maximum Gasteiger partial charge on any atom is 0.227 e. The monoisotopic (exact) mass is 291 g/mol. The quantitative estimate of drug-likeness (QED) is 0.487. The van der Waals surface area contributed by atoms with Crippen molar-refractivity contribution in [1.82, 2.24) is 4.98 Å². The van der Waals surface area contributed by atoms with Gasteiger partial charge in [0, 0.05) is 11.1 Å². The van der Waals surface area contributed by atoms with Gasteiger partial charge in [-0.25, -0.2) is 4.98 Å². The summed E-state index contributed by atoms with van der Waals surface area (Å²) in [6.45, 7) is 4.54. The Labute approximate surface area is 129 Å². The van der Waals surface area contributed by atoms with Gasteiger partial charge in [-0.15, -0.1) is 6.58 Å². The zero-order chi connectivity index (χ0) is 15.2. The van der Waals surface area contributed by atoms with Crippen molar-refractivity contribution < 1.29 is 9.15 Å². The average molecular weight is 291 g/mol. The van der Waals surface area contributed by atoms with Gasteiger partial charge in [0.2, 0.25) is 5.89 Å². The molecule has 0 saturated heterocycles. The molecular formula is C19H17NO2. The Morgan fingerprint density at radius 1 is 0.955 bits per heavy atom. The molecule has 2 aromatic carbocycles. The van der Waals surface area contributed by atoms with Gasteiger partial charge in [-0.1, -0.05) is 54.6 Å². The molecule has 110 valence electrons. The Morgan fingerprint density at radius 3 is 2.23 bits per heavy atom. The van der Waals surface area contributed by atoms with Crippen LogP contribution in [0.4, 0.5) is 0 Å². The molecule has 1 aromatic heterocycles. The van der Waals surface area contributed by atoms with Gasteiger partial charge in [-0.05, 0) is 12.1 Å². The molecule has 0 aliphatic rings. The predicted octanol–water partition coefficient (Wildman–Crippen LogP) is 4.71. The van der Waals surface area contributed by atoms with Crippen LogP contribution in [0.25, 0.3) is 22.8 Å². The Hall–Kier alpha value is -2.65. The molecule has 3 rings (SSSR count). The molecule has 0 aliphatic heterocycles. The first-order valence-corrected chi connectivity index (χ1v) is 7.17. The van der Waals surface area contributed by atoms with Crippen molar-refractivity contribution in [2.75, 3.05) is 6.61 Å². The highest BCUT2D eigenvalue weighted by molar-refractivity contribution is 5.64. The molecule has 0 aliphatic carbocycles. The van der Waals surface area contributed by atoms with Crippen LogP contribution in [0.2, 0.25) is 0 Å². The molecule has 3 nitrogen and oxygen atoms in total. The predicted molar refractivity (Wildman–Crippen MR) is 87.2 cm³/mol. The Morgan fingerprint density at radius 2 is 1.59 bits per heavy atom. The summed E-state index contributed by atoms with van der Waals surface area (Å²) in [6, 6.07) is 19.8. The Kier molecular flexibility index (Phi) is 4.47. The third-order valence-electron chi connectivity index (χ3n) is 3.23. The third kappa shape index (κ3) is 3.15. The van der Waals surface area contributed by atoms with Gasteiger partial charge in [-0.2, -0.15) is 0 Å². The summed E-state index contributed by atoms with van der Waals surface area (Å²) < 4.78 is 11.5. The number of aromatic nitrogens is 1. The smallest absolute Gasteiger partial charge is 0.227 e. The van der Waals surface area contributed by atoms with Crippen LogP contribution >= 0.6 is 0 Å². The number of ether oxygens (including phenoxy) is 1. The van der Waals surface area contributed by atoms with Crippen molar-refractivity contribution in [3.63, 3.8) is 0 Å². The van der Waals surface area contributed by atoms with E-state index in [2.05, 4.69) is 11.6 Å². The van der Waals surface area contributed by atoms with Crippen molar-refractivity contribution >= 4 is 0 Å². The first-order valence-electron chi connectivity index (χ1n) is 7.17. The fourth-order valence-corrected chi connectivity index (χ4v) is 2.21. The third-order valence-corrected chi connectivity index (χ3v) is 3.23. The molecule has 0 spiro atoms. The van der Waals surface area contributed by atoms with Crippen LogP contribution in [-0.4, -0.2) is 11.6 Å². The fourth-order valence-electron chi connectivity index (χ4n) is 2.21. The number of nitrogens with zero attached hydrogens (tertiary/aromatic N) is 1. The molecule has 0 fully saturated rings. The molecule has 0 radical (unpaired) electrons. The van der Waals surface area contributed by atoms with Crippen LogP contribution in [0.3, 0.4) is 0 Å². The summed E-state index contributed by atoms with van der Waals surface area (Å²) >= 11 is 0. The van der Waals surface area contributed by atoms with Gasteiger partial charge in [0.05, 0.1) is 13.2 Å². The van der Waals surface area contributed by atoms with E-state index >= 15 is 0 Å². The Bertz CT molecular complexity index is 733. The molecule has 0 saturated carbocycles. The van der Waals surface area contributed by atoms with Crippen molar-refractivity contribution in [2.24, 2.45) is 0 Å². The van der Waals surface area contributed by atoms with Gasteiger partial charge < -0.3 is 9.15 Å². The van der Waals surface area contributed by atoms with E-state index in [1.165, 1.54) is 0 Å². The Balaban J connectivity index is 1.99. The summed E-state index contributed by atoms with van der Waals surface area (Å²) in [5.74, 6) is 1.36. The lowest BCUT2D eigenvalue weighted by Crippen LogP contribution is -1.95. The van der Waals surface area contributed by atoms with Crippen molar-refractivity contribution in [3.05, 3.63) is 79.0 Å². The molecule has 1 heterocycles. The van der Waals surface area contributed by atoms with E-state index in [-0.39, 0.29) is 0 Å². The minimum Gasteiger partial charge on any atom is -0.436 e. The first kappa shape index (κ1) is 14.3. The van der Waals surface area contributed by atoms with E-state index in [0.717, 1.165) is 22.6 Å². The molecule has 0 amide bonds. The lowest BCUT2D eigenvalue weighted by Gasteiger charge is -2.01. The lowest BCUT2D eigenvalue weighted by molar-refractivity contribution is 0.146. The normalized spacial score (nSPS) is 10.5. The van der Waals surface area contributed by atoms with Crippen molar-refractivity contribution in [2.45, 2.75) is 6.61 Å². The highest BCUT2D eigenvalue weighted by atomic mass is 16.5. The summed E-state index contributed by atoms with van der Waals surface area (Å²) in [6.07, 6.45) is 1.72. The van der Waals surface area contributed by atoms with Crippen LogP contribution in [0.1, 0.15) is 5.69 Å². The molecule has 0 N–H and O–H groups in total. The summed E-state index contributed by atoms with van der Waals surface area (Å²) in [7, 11) is 0. The number of hydrogen-bond donors (Lipinski definition) is 0. The molecule has 0 atom stereocenters. The van der Waals surface area contributed by atoms with E-state index in [0.29, 0.717) is 19.1 Å². The number of benzene rings is 2. The summed E-state index contributed by atoms with van der Waals surface area (Å²) in [5, 5.41) is 0. The van der Waals surface area contributed by atoms with Crippen LogP contribution < -0.4 is 0 Å². The number of oxazole rings is 1. The van der Waals surface area contributed by atoms with Gasteiger partial charge in [0.1, 0.15) is 5.69 Å². The van der Waals surface area contributed by atoms with Gasteiger partial charge >= 0.3 is 0 Å². The molecule has 0 bridgehead atoms. The summed E-state index contributed by atoms with van der Waals surface area (Å²) in [5.41, 5.74) is 2.75. The topological polar surface area (TPSA) is 35.3 Å². The molecule has 22 heavy (non-hydrogen) atoms. The van der Waals surface area contributed by atoms with Crippen LogP contribution in [0.5, 0.6) is 0 Å². The van der Waals surface area contributed by atoms with Crippen LogP contribution in [0.15, 0.2) is 77.7 Å². The molecular weight excluding hydrogens is 274 g/mol. The second-order valence-corrected chi connectivity index (χ2v) is 4.83. The second kappa shape index (κ2) is 6.87. The largest absolute Gasteiger partial charge is 0.436 e. The van der Waals surface area contributed by atoms with E-state index in [9.17, 15) is 0 Å². The fraction of sp³-hybridized carbons (Fsp3) is 0.105.